The summed E-state index contributed by atoms with van der Waals surface area (Å²) in [5.74, 6) is 0.823. The van der Waals surface area contributed by atoms with Crippen LogP contribution in [0.5, 0.6) is 5.75 Å². The average Bonchev–Trinajstić information content (AvgIpc) is 2.51. The van der Waals surface area contributed by atoms with Crippen molar-refractivity contribution in [3.8, 4) is 5.75 Å². The lowest BCUT2D eigenvalue weighted by molar-refractivity contribution is 0.405. The maximum absolute atomic E-state index is 11.9. The number of methoxy groups -OCH3 is 1. The van der Waals surface area contributed by atoms with Crippen LogP contribution in [-0.4, -0.2) is 34.9 Å². The molecule has 0 bridgehead atoms. The molecule has 0 radical (unpaired) electrons. The van der Waals surface area contributed by atoms with Gasteiger partial charge in [0, 0.05) is 18.0 Å². The van der Waals surface area contributed by atoms with Crippen LogP contribution in [-0.2, 0) is 9.84 Å². The minimum Gasteiger partial charge on any atom is -0.496 e. The summed E-state index contributed by atoms with van der Waals surface area (Å²) in [6.07, 6.45) is 0. The van der Waals surface area contributed by atoms with E-state index in [9.17, 15) is 8.42 Å². The summed E-state index contributed by atoms with van der Waals surface area (Å²) in [4.78, 5) is 0.423. The third kappa shape index (κ3) is 1.70. The average molecular weight is 241 g/mol. The number of nitrogens with one attached hydrogen (secondary N) is 1. The second kappa shape index (κ2) is 4.07. The molecule has 1 aromatic carbocycles. The molecule has 2 rings (SSSR count). The number of rotatable bonds is 3. The highest BCUT2D eigenvalue weighted by Crippen LogP contribution is 2.40. The molecule has 0 aromatic heterocycles. The molecule has 0 spiro atoms. The van der Waals surface area contributed by atoms with Gasteiger partial charge in [-0.2, -0.15) is 0 Å². The van der Waals surface area contributed by atoms with E-state index in [2.05, 4.69) is 5.32 Å². The van der Waals surface area contributed by atoms with Gasteiger partial charge < -0.3 is 10.1 Å². The number of benzene rings is 1. The van der Waals surface area contributed by atoms with Crippen molar-refractivity contribution in [2.24, 2.45) is 0 Å². The molecule has 0 saturated carbocycles. The van der Waals surface area contributed by atoms with Crippen LogP contribution in [0.25, 0.3) is 0 Å². The lowest BCUT2D eigenvalue weighted by Crippen LogP contribution is -2.18. The molecule has 1 unspecified atom stereocenters. The molecule has 1 heterocycles. The van der Waals surface area contributed by atoms with Crippen LogP contribution in [0.1, 0.15) is 11.5 Å². The van der Waals surface area contributed by atoms with E-state index >= 15 is 0 Å². The smallest absolute Gasteiger partial charge is 0.179 e. The highest BCUT2D eigenvalue weighted by Gasteiger charge is 2.36. The third-order valence-corrected chi connectivity index (χ3v) is 4.73. The Balaban J connectivity index is 2.59. The Hall–Kier alpha value is -1.07. The quantitative estimate of drug-likeness (QED) is 0.850. The van der Waals surface area contributed by atoms with Gasteiger partial charge in [-0.3, -0.25) is 0 Å². The maximum Gasteiger partial charge on any atom is 0.179 e. The molecule has 1 atom stereocenters. The zero-order chi connectivity index (χ0) is 11.8. The van der Waals surface area contributed by atoms with Gasteiger partial charge in [-0.05, 0) is 19.2 Å². The van der Waals surface area contributed by atoms with Gasteiger partial charge in [0.05, 0.1) is 17.8 Å². The summed E-state index contributed by atoms with van der Waals surface area (Å²) in [5.41, 5.74) is 0.819. The molecule has 1 N–H and O–H groups in total. The molecule has 0 amide bonds. The van der Waals surface area contributed by atoms with Crippen LogP contribution in [0.2, 0.25) is 0 Å². The second-order valence-electron chi connectivity index (χ2n) is 3.91. The summed E-state index contributed by atoms with van der Waals surface area (Å²) in [6, 6.07) is 5.18. The van der Waals surface area contributed by atoms with Crippen molar-refractivity contribution in [1.29, 1.82) is 0 Å². The topological polar surface area (TPSA) is 55.4 Å². The Labute approximate surface area is 95.5 Å². The highest BCUT2D eigenvalue weighted by molar-refractivity contribution is 7.91. The molecule has 1 aliphatic heterocycles. The van der Waals surface area contributed by atoms with Crippen LogP contribution in [0, 0.1) is 0 Å². The van der Waals surface area contributed by atoms with Crippen LogP contribution in [0.3, 0.4) is 0 Å². The number of fused-ring (bicyclic) bond motifs is 1. The Bertz CT molecular complexity index is 496. The van der Waals surface area contributed by atoms with Crippen molar-refractivity contribution in [3.63, 3.8) is 0 Å². The van der Waals surface area contributed by atoms with E-state index in [0.29, 0.717) is 17.2 Å². The minimum atomic E-state index is -3.13. The summed E-state index contributed by atoms with van der Waals surface area (Å²) in [5, 5.41) is 3.02. The van der Waals surface area contributed by atoms with E-state index in [-0.39, 0.29) is 11.7 Å². The van der Waals surface area contributed by atoms with Crippen molar-refractivity contribution in [2.45, 2.75) is 10.8 Å². The molecule has 88 valence electrons. The normalized spacial score (nSPS) is 21.8. The fourth-order valence-corrected chi connectivity index (χ4v) is 4.10. The summed E-state index contributed by atoms with van der Waals surface area (Å²) >= 11 is 0. The molecule has 0 saturated heterocycles. The van der Waals surface area contributed by atoms with Gasteiger partial charge in [-0.1, -0.05) is 6.07 Å². The van der Waals surface area contributed by atoms with Crippen LogP contribution < -0.4 is 10.1 Å². The fraction of sp³-hybridized carbons (Fsp3) is 0.455. The van der Waals surface area contributed by atoms with Gasteiger partial charge >= 0.3 is 0 Å². The van der Waals surface area contributed by atoms with Gasteiger partial charge in [0.1, 0.15) is 5.75 Å². The molecular formula is C11H15NO3S. The van der Waals surface area contributed by atoms with E-state index in [1.807, 2.05) is 13.1 Å². The molecule has 0 aliphatic carbocycles. The fourth-order valence-electron chi connectivity index (χ4n) is 2.22. The minimum absolute atomic E-state index is 0.0128. The number of hydrogen-bond donors (Lipinski definition) is 1. The Morgan fingerprint density at radius 1 is 1.50 bits per heavy atom. The Morgan fingerprint density at radius 3 is 2.88 bits per heavy atom. The van der Waals surface area contributed by atoms with E-state index in [1.54, 1.807) is 19.2 Å². The SMILES string of the molecule is CNCC1CS(=O)(=O)c2cccc(OC)c21. The number of hydrogen-bond acceptors (Lipinski definition) is 4. The van der Waals surface area contributed by atoms with Crippen LogP contribution in [0.4, 0.5) is 0 Å². The predicted octanol–water partition coefficient (Wildman–Crippen LogP) is 0.785. The predicted molar refractivity (Wildman–Crippen MR) is 61.7 cm³/mol. The lowest BCUT2D eigenvalue weighted by atomic mass is 10.0. The van der Waals surface area contributed by atoms with Crippen molar-refractivity contribution in [1.82, 2.24) is 5.32 Å². The zero-order valence-electron chi connectivity index (χ0n) is 9.36. The Kier molecular flexibility index (Phi) is 2.90. The standard InChI is InChI=1S/C11H15NO3S/c1-12-6-8-7-16(13,14)10-5-3-4-9(15-2)11(8)10/h3-5,8,12H,6-7H2,1-2H3. The van der Waals surface area contributed by atoms with Crippen molar-refractivity contribution < 1.29 is 13.2 Å². The van der Waals surface area contributed by atoms with E-state index in [1.165, 1.54) is 0 Å². The monoisotopic (exact) mass is 241 g/mol. The van der Waals surface area contributed by atoms with Gasteiger partial charge in [-0.25, -0.2) is 8.42 Å². The summed E-state index contributed by atoms with van der Waals surface area (Å²) in [7, 11) is 0.256. The van der Waals surface area contributed by atoms with Gasteiger partial charge in [-0.15, -0.1) is 0 Å². The highest BCUT2D eigenvalue weighted by atomic mass is 32.2. The number of likely N-dealkylation sites (N-methyl/N-ethyl adjacent to an activating group) is 1. The zero-order valence-corrected chi connectivity index (χ0v) is 10.2. The van der Waals surface area contributed by atoms with Gasteiger partial charge in [0.15, 0.2) is 9.84 Å². The van der Waals surface area contributed by atoms with Crippen molar-refractivity contribution >= 4 is 9.84 Å². The summed E-state index contributed by atoms with van der Waals surface area (Å²) < 4.78 is 29.1. The number of ether oxygens (including phenoxy) is 1. The molecule has 5 heteroatoms. The van der Waals surface area contributed by atoms with E-state index in [4.69, 9.17) is 4.74 Å². The summed E-state index contributed by atoms with van der Waals surface area (Å²) in [6.45, 7) is 0.645. The first-order valence-electron chi connectivity index (χ1n) is 5.14. The first-order chi connectivity index (χ1) is 7.60. The van der Waals surface area contributed by atoms with Gasteiger partial charge in [0.2, 0.25) is 0 Å². The molecule has 1 aromatic rings. The molecule has 0 fully saturated rings. The molecular weight excluding hydrogens is 226 g/mol. The largest absolute Gasteiger partial charge is 0.496 e. The van der Waals surface area contributed by atoms with Crippen molar-refractivity contribution in [2.75, 3.05) is 26.5 Å². The first kappa shape index (κ1) is 11.4. The number of sulfone groups is 1. The van der Waals surface area contributed by atoms with E-state index < -0.39 is 9.84 Å². The lowest BCUT2D eigenvalue weighted by Gasteiger charge is -2.12. The molecule has 1 aliphatic rings. The van der Waals surface area contributed by atoms with Crippen LogP contribution >= 0.6 is 0 Å². The molecule has 4 nitrogen and oxygen atoms in total. The Morgan fingerprint density at radius 2 is 2.25 bits per heavy atom. The van der Waals surface area contributed by atoms with Gasteiger partial charge in [0.25, 0.3) is 0 Å². The second-order valence-corrected chi connectivity index (χ2v) is 5.91. The van der Waals surface area contributed by atoms with E-state index in [0.717, 1.165) is 5.56 Å². The van der Waals surface area contributed by atoms with Crippen LogP contribution in [0.15, 0.2) is 23.1 Å². The first-order valence-corrected chi connectivity index (χ1v) is 6.79. The maximum atomic E-state index is 11.9. The third-order valence-electron chi connectivity index (χ3n) is 2.86. The molecule has 16 heavy (non-hydrogen) atoms. The van der Waals surface area contributed by atoms with Crippen molar-refractivity contribution in [3.05, 3.63) is 23.8 Å².